The molecular weight excluding hydrogens is 445 g/mol. The van der Waals surface area contributed by atoms with Crippen LogP contribution in [0.1, 0.15) is 17.5 Å². The molecule has 0 spiro atoms. The fourth-order valence-corrected chi connectivity index (χ4v) is 4.83. The van der Waals surface area contributed by atoms with Gasteiger partial charge in [0.25, 0.3) is 0 Å². The van der Waals surface area contributed by atoms with Crippen molar-refractivity contribution in [2.75, 3.05) is 36.9 Å². The molecule has 3 N–H and O–H groups in total. The summed E-state index contributed by atoms with van der Waals surface area (Å²) >= 11 is 6.68. The minimum atomic E-state index is -4.64. The number of anilines is 2. The van der Waals surface area contributed by atoms with Gasteiger partial charge in [0, 0.05) is 18.2 Å². The minimum absolute atomic E-state index is 0.0305. The number of hydrogen-bond acceptors (Lipinski definition) is 7. The van der Waals surface area contributed by atoms with E-state index < -0.39 is 11.7 Å². The number of alkyl halides is 3. The molecule has 4 heterocycles. The summed E-state index contributed by atoms with van der Waals surface area (Å²) in [7, 11) is 0. The second kappa shape index (κ2) is 7.63. The number of benzene rings is 1. The van der Waals surface area contributed by atoms with Gasteiger partial charge >= 0.3 is 6.18 Å². The molecule has 1 fully saturated rings. The van der Waals surface area contributed by atoms with Crippen LogP contribution in [-0.2, 0) is 6.18 Å². The first-order valence-electron chi connectivity index (χ1n) is 10.2. The molecule has 1 aromatic carbocycles. The number of aromatic nitrogens is 3. The molecule has 0 bridgehead atoms. The van der Waals surface area contributed by atoms with Gasteiger partial charge < -0.3 is 20.7 Å². The Bertz CT molecular complexity index is 1210. The number of pyridine rings is 1. The third kappa shape index (κ3) is 3.38. The highest BCUT2D eigenvalue weighted by Crippen LogP contribution is 2.48. The van der Waals surface area contributed by atoms with Crippen LogP contribution in [0.25, 0.3) is 22.2 Å². The van der Waals surface area contributed by atoms with E-state index in [-0.39, 0.29) is 39.5 Å². The van der Waals surface area contributed by atoms with Crippen molar-refractivity contribution in [1.29, 1.82) is 0 Å². The second-order valence-electron chi connectivity index (χ2n) is 7.93. The molecule has 2 aliphatic rings. The molecular formula is C21H20ClF3N6O. The van der Waals surface area contributed by atoms with E-state index in [0.29, 0.717) is 29.9 Å². The predicted molar refractivity (Wildman–Crippen MR) is 116 cm³/mol. The Morgan fingerprint density at radius 2 is 2.09 bits per heavy atom. The lowest BCUT2D eigenvalue weighted by Gasteiger charge is -2.28. The van der Waals surface area contributed by atoms with Crippen LogP contribution in [0.5, 0.6) is 5.75 Å². The van der Waals surface area contributed by atoms with E-state index in [1.54, 1.807) is 0 Å². The SMILES string of the molecule is Cc1cc(N)nc(-c2cc3ncnc4c3c(c2Cl)OCCN4C2CCNC2)c1C(F)(F)F. The van der Waals surface area contributed by atoms with E-state index in [0.717, 1.165) is 19.5 Å². The molecule has 7 nitrogen and oxygen atoms in total. The monoisotopic (exact) mass is 464 g/mol. The normalized spacial score (nSPS) is 18.7. The Labute approximate surface area is 186 Å². The van der Waals surface area contributed by atoms with Gasteiger partial charge in [0.1, 0.15) is 24.6 Å². The van der Waals surface area contributed by atoms with Crippen molar-refractivity contribution in [3.8, 4) is 17.0 Å². The van der Waals surface area contributed by atoms with E-state index in [4.69, 9.17) is 22.1 Å². The largest absolute Gasteiger partial charge is 0.489 e. The van der Waals surface area contributed by atoms with Gasteiger partial charge in [-0.25, -0.2) is 15.0 Å². The molecule has 2 aliphatic heterocycles. The Hall–Kier alpha value is -2.85. The lowest BCUT2D eigenvalue weighted by atomic mass is 9.99. The molecule has 5 rings (SSSR count). The molecule has 0 amide bonds. The molecule has 3 aromatic rings. The zero-order valence-electron chi connectivity index (χ0n) is 17.1. The molecule has 1 saturated heterocycles. The van der Waals surface area contributed by atoms with Gasteiger partial charge in [0.2, 0.25) is 0 Å². The number of aryl methyl sites for hydroxylation is 1. The number of nitrogen functional groups attached to an aromatic ring is 1. The van der Waals surface area contributed by atoms with E-state index in [1.165, 1.54) is 25.4 Å². The third-order valence-corrected chi connectivity index (χ3v) is 6.28. The molecule has 32 heavy (non-hydrogen) atoms. The van der Waals surface area contributed by atoms with Gasteiger partial charge in [-0.15, -0.1) is 0 Å². The average Bonchev–Trinajstić information content (AvgIpc) is 3.17. The topological polar surface area (TPSA) is 89.2 Å². The van der Waals surface area contributed by atoms with Gasteiger partial charge in [0.15, 0.2) is 5.75 Å². The fourth-order valence-electron chi connectivity index (χ4n) is 4.54. The summed E-state index contributed by atoms with van der Waals surface area (Å²) in [5.41, 5.74) is 5.03. The Morgan fingerprint density at radius 1 is 1.28 bits per heavy atom. The van der Waals surface area contributed by atoms with Gasteiger partial charge in [-0.1, -0.05) is 11.6 Å². The molecule has 0 radical (unpaired) electrons. The van der Waals surface area contributed by atoms with Crippen molar-refractivity contribution in [2.45, 2.75) is 25.6 Å². The summed E-state index contributed by atoms with van der Waals surface area (Å²) in [5, 5.41) is 3.95. The summed E-state index contributed by atoms with van der Waals surface area (Å²) in [6, 6.07) is 2.93. The number of nitrogens with one attached hydrogen (secondary N) is 1. The number of ether oxygens (including phenoxy) is 1. The van der Waals surface area contributed by atoms with Crippen LogP contribution in [0.4, 0.5) is 24.8 Å². The molecule has 168 valence electrons. The molecule has 2 aromatic heterocycles. The van der Waals surface area contributed by atoms with Crippen LogP contribution in [0.2, 0.25) is 5.02 Å². The Balaban J connectivity index is 1.77. The van der Waals surface area contributed by atoms with Gasteiger partial charge in [-0.05, 0) is 37.6 Å². The first-order valence-corrected chi connectivity index (χ1v) is 10.6. The second-order valence-corrected chi connectivity index (χ2v) is 8.31. The predicted octanol–water partition coefficient (Wildman–Crippen LogP) is 3.82. The Morgan fingerprint density at radius 3 is 2.81 bits per heavy atom. The highest BCUT2D eigenvalue weighted by atomic mass is 35.5. The van der Waals surface area contributed by atoms with E-state index >= 15 is 0 Å². The summed E-state index contributed by atoms with van der Waals surface area (Å²) in [4.78, 5) is 15.0. The minimum Gasteiger partial charge on any atom is -0.489 e. The number of nitrogens with zero attached hydrogens (tertiary/aromatic N) is 4. The highest BCUT2D eigenvalue weighted by molar-refractivity contribution is 6.36. The lowest BCUT2D eigenvalue weighted by molar-refractivity contribution is -0.137. The maximum absolute atomic E-state index is 13.9. The van der Waals surface area contributed by atoms with Crippen molar-refractivity contribution in [2.24, 2.45) is 0 Å². The summed E-state index contributed by atoms with van der Waals surface area (Å²) in [6.45, 7) is 3.94. The van der Waals surface area contributed by atoms with Crippen LogP contribution in [0.15, 0.2) is 18.5 Å². The van der Waals surface area contributed by atoms with Gasteiger partial charge in [-0.2, -0.15) is 13.2 Å². The number of halogens is 4. The van der Waals surface area contributed by atoms with Crippen LogP contribution in [-0.4, -0.2) is 47.2 Å². The zero-order chi connectivity index (χ0) is 22.6. The quantitative estimate of drug-likeness (QED) is 0.596. The standard InChI is InChI=1S/C21H20ClF3N6O/c1-10-6-14(26)30-18(16(10)21(23,24)25)12-7-13-15-19(17(12)22)32-5-4-31(11-2-3-27-8-11)20(15)29-9-28-13/h6-7,9,11,27H,2-5,8H2,1H3,(H2,26,30). The molecule has 1 atom stereocenters. The summed E-state index contributed by atoms with van der Waals surface area (Å²) in [5.74, 6) is 0.896. The van der Waals surface area contributed by atoms with Crippen molar-refractivity contribution in [1.82, 2.24) is 20.3 Å². The molecule has 0 aliphatic carbocycles. The van der Waals surface area contributed by atoms with Crippen molar-refractivity contribution < 1.29 is 17.9 Å². The van der Waals surface area contributed by atoms with E-state index in [1.807, 2.05) is 0 Å². The van der Waals surface area contributed by atoms with E-state index in [2.05, 4.69) is 25.2 Å². The lowest BCUT2D eigenvalue weighted by Crippen LogP contribution is -2.39. The van der Waals surface area contributed by atoms with Crippen LogP contribution < -0.4 is 20.7 Å². The van der Waals surface area contributed by atoms with E-state index in [9.17, 15) is 13.2 Å². The smallest absolute Gasteiger partial charge is 0.418 e. The Kier molecular flexibility index (Phi) is 5.01. The first-order chi connectivity index (χ1) is 15.3. The van der Waals surface area contributed by atoms with Gasteiger partial charge in [0.05, 0.1) is 33.7 Å². The van der Waals surface area contributed by atoms with Crippen LogP contribution >= 0.6 is 11.6 Å². The van der Waals surface area contributed by atoms with Crippen LogP contribution in [0, 0.1) is 6.92 Å². The summed E-state index contributed by atoms with van der Waals surface area (Å²) < 4.78 is 47.8. The van der Waals surface area contributed by atoms with Crippen LogP contribution in [0.3, 0.4) is 0 Å². The summed E-state index contributed by atoms with van der Waals surface area (Å²) in [6.07, 6.45) is -2.28. The average molecular weight is 465 g/mol. The molecule has 11 heteroatoms. The number of hydrogen-bond donors (Lipinski definition) is 2. The van der Waals surface area contributed by atoms with Crippen molar-refractivity contribution in [3.05, 3.63) is 34.6 Å². The first kappa shape index (κ1) is 21.0. The maximum atomic E-state index is 13.9. The maximum Gasteiger partial charge on any atom is 0.418 e. The molecule has 1 unspecified atom stereocenters. The fraction of sp³-hybridized carbons (Fsp3) is 0.381. The number of nitrogens with two attached hydrogens (primary N) is 1. The highest BCUT2D eigenvalue weighted by Gasteiger charge is 2.38. The van der Waals surface area contributed by atoms with Gasteiger partial charge in [-0.3, -0.25) is 0 Å². The molecule has 0 saturated carbocycles. The van der Waals surface area contributed by atoms with Crippen molar-refractivity contribution >= 4 is 34.1 Å². The van der Waals surface area contributed by atoms with Crippen molar-refractivity contribution in [3.63, 3.8) is 0 Å². The number of rotatable bonds is 2. The third-order valence-electron chi connectivity index (χ3n) is 5.90. The zero-order valence-corrected chi connectivity index (χ0v) is 17.9.